The third-order valence-electron chi connectivity index (χ3n) is 5.19. The van der Waals surface area contributed by atoms with Crippen LogP contribution in [0.15, 0.2) is 36.5 Å². The fourth-order valence-corrected chi connectivity index (χ4v) is 3.53. The van der Waals surface area contributed by atoms with Crippen molar-refractivity contribution in [2.45, 2.75) is 57.2 Å². The SMILES string of the molecule is C=C(CCCC(=O)NC1CCOC1=O)NC(CCCNC(N)=O)c1ccc(COC)cc1. The van der Waals surface area contributed by atoms with Crippen molar-refractivity contribution in [3.63, 3.8) is 0 Å². The van der Waals surface area contributed by atoms with E-state index < -0.39 is 12.1 Å². The van der Waals surface area contributed by atoms with E-state index in [1.807, 2.05) is 12.1 Å². The van der Waals surface area contributed by atoms with E-state index in [1.54, 1.807) is 7.11 Å². The van der Waals surface area contributed by atoms with Crippen molar-refractivity contribution in [2.24, 2.45) is 5.73 Å². The summed E-state index contributed by atoms with van der Waals surface area (Å²) in [7, 11) is 1.66. The number of carbonyl (C=O) groups is 3. The maximum atomic E-state index is 12.1. The molecule has 0 aromatic heterocycles. The first-order valence-electron chi connectivity index (χ1n) is 10.9. The zero-order chi connectivity index (χ0) is 23.3. The van der Waals surface area contributed by atoms with Gasteiger partial charge in [0.1, 0.15) is 6.04 Å². The van der Waals surface area contributed by atoms with Crippen LogP contribution in [-0.4, -0.2) is 44.2 Å². The summed E-state index contributed by atoms with van der Waals surface area (Å²) in [6.45, 7) is 5.50. The Bertz CT molecular complexity index is 781. The third kappa shape index (κ3) is 8.97. The van der Waals surface area contributed by atoms with Crippen LogP contribution in [0.4, 0.5) is 4.79 Å². The molecule has 1 aliphatic rings. The van der Waals surface area contributed by atoms with Crippen molar-refractivity contribution >= 4 is 17.9 Å². The molecule has 0 aliphatic carbocycles. The second kappa shape index (κ2) is 13.4. The van der Waals surface area contributed by atoms with Gasteiger partial charge in [0.05, 0.1) is 19.3 Å². The van der Waals surface area contributed by atoms with Crippen LogP contribution in [0, 0.1) is 0 Å². The largest absolute Gasteiger partial charge is 0.464 e. The number of methoxy groups -OCH3 is 1. The number of carbonyl (C=O) groups excluding carboxylic acids is 3. The minimum Gasteiger partial charge on any atom is -0.464 e. The van der Waals surface area contributed by atoms with E-state index in [2.05, 4.69) is 34.7 Å². The number of esters is 1. The van der Waals surface area contributed by atoms with Crippen LogP contribution in [0.3, 0.4) is 0 Å². The number of ether oxygens (including phenoxy) is 2. The first-order valence-corrected chi connectivity index (χ1v) is 10.9. The Morgan fingerprint density at radius 2 is 2.00 bits per heavy atom. The molecular weight excluding hydrogens is 412 g/mol. The van der Waals surface area contributed by atoms with E-state index in [4.69, 9.17) is 15.2 Å². The molecule has 2 atom stereocenters. The number of allylic oxidation sites excluding steroid dienone is 1. The third-order valence-corrected chi connectivity index (χ3v) is 5.19. The Hall–Kier alpha value is -3.07. The zero-order valence-electron chi connectivity index (χ0n) is 18.7. The number of hydrogen-bond acceptors (Lipinski definition) is 6. The molecule has 1 aliphatic heterocycles. The highest BCUT2D eigenvalue weighted by molar-refractivity contribution is 5.85. The Morgan fingerprint density at radius 3 is 2.62 bits per heavy atom. The van der Waals surface area contributed by atoms with Gasteiger partial charge >= 0.3 is 12.0 Å². The average Bonchev–Trinajstić information content (AvgIpc) is 3.15. The Labute approximate surface area is 189 Å². The number of urea groups is 1. The average molecular weight is 447 g/mol. The van der Waals surface area contributed by atoms with E-state index >= 15 is 0 Å². The number of amides is 3. The standard InChI is InChI=1S/C23H34N4O5/c1-16(5-3-7-21(28)27-20-12-14-32-22(20)29)26-19(6-4-13-25-23(24)30)18-10-8-17(9-11-18)15-31-2/h8-11,19-20,26H,1,3-7,12-15H2,2H3,(H,27,28)(H3,24,25,30). The minimum atomic E-state index is -0.535. The lowest BCUT2D eigenvalue weighted by Gasteiger charge is -2.22. The van der Waals surface area contributed by atoms with Crippen LogP contribution in [0.1, 0.15) is 55.7 Å². The topological polar surface area (TPSA) is 132 Å². The number of cyclic esters (lactones) is 1. The number of rotatable bonds is 14. The Balaban J connectivity index is 1.83. The van der Waals surface area contributed by atoms with Gasteiger partial charge in [0.2, 0.25) is 5.91 Å². The summed E-state index contributed by atoms with van der Waals surface area (Å²) in [4.78, 5) is 34.4. The van der Waals surface area contributed by atoms with Crippen LogP contribution < -0.4 is 21.7 Å². The lowest BCUT2D eigenvalue weighted by molar-refractivity contribution is -0.141. The molecule has 32 heavy (non-hydrogen) atoms. The van der Waals surface area contributed by atoms with Gasteiger partial charge in [-0.05, 0) is 36.8 Å². The molecule has 2 rings (SSSR count). The smallest absolute Gasteiger partial charge is 0.328 e. The minimum absolute atomic E-state index is 0.0101. The van der Waals surface area contributed by atoms with Crippen molar-refractivity contribution in [2.75, 3.05) is 20.3 Å². The molecule has 9 nitrogen and oxygen atoms in total. The molecular formula is C23H34N4O5. The molecule has 9 heteroatoms. The van der Waals surface area contributed by atoms with Gasteiger partial charge in [0.25, 0.3) is 0 Å². The first-order chi connectivity index (χ1) is 15.4. The van der Waals surface area contributed by atoms with E-state index in [1.165, 1.54) is 0 Å². The molecule has 0 saturated carbocycles. The zero-order valence-corrected chi connectivity index (χ0v) is 18.7. The molecule has 1 heterocycles. The predicted octanol–water partition coefficient (Wildman–Crippen LogP) is 2.03. The molecule has 176 valence electrons. The fourth-order valence-electron chi connectivity index (χ4n) is 3.53. The van der Waals surface area contributed by atoms with Crippen molar-refractivity contribution in [3.8, 4) is 0 Å². The number of benzene rings is 1. The Kier molecular flexibility index (Phi) is 10.5. The number of primary amides is 1. The summed E-state index contributed by atoms with van der Waals surface area (Å²) in [6, 6.07) is 7.10. The summed E-state index contributed by atoms with van der Waals surface area (Å²) in [5, 5.41) is 8.77. The van der Waals surface area contributed by atoms with Crippen molar-refractivity contribution in [1.82, 2.24) is 16.0 Å². The van der Waals surface area contributed by atoms with Crippen LogP contribution in [0.25, 0.3) is 0 Å². The van der Waals surface area contributed by atoms with Gasteiger partial charge in [-0.2, -0.15) is 0 Å². The molecule has 1 fully saturated rings. The van der Waals surface area contributed by atoms with Crippen LogP contribution in [0.2, 0.25) is 0 Å². The van der Waals surface area contributed by atoms with Crippen LogP contribution >= 0.6 is 0 Å². The highest BCUT2D eigenvalue weighted by Crippen LogP contribution is 2.22. The molecule has 0 radical (unpaired) electrons. The highest BCUT2D eigenvalue weighted by atomic mass is 16.5. The summed E-state index contributed by atoms with van der Waals surface area (Å²) in [5.74, 6) is -0.529. The highest BCUT2D eigenvalue weighted by Gasteiger charge is 2.27. The number of nitrogens with one attached hydrogen (secondary N) is 3. The van der Waals surface area contributed by atoms with E-state index in [0.717, 1.165) is 29.7 Å². The molecule has 1 aromatic carbocycles. The predicted molar refractivity (Wildman–Crippen MR) is 120 cm³/mol. The first kappa shape index (κ1) is 25.2. The van der Waals surface area contributed by atoms with E-state index in [-0.39, 0.29) is 17.9 Å². The second-order valence-corrected chi connectivity index (χ2v) is 7.84. The maximum Gasteiger partial charge on any atom is 0.328 e. The van der Waals surface area contributed by atoms with Gasteiger partial charge in [0, 0.05) is 32.2 Å². The lowest BCUT2D eigenvalue weighted by Crippen LogP contribution is -2.37. The summed E-state index contributed by atoms with van der Waals surface area (Å²) < 4.78 is 10.0. The van der Waals surface area contributed by atoms with Crippen molar-refractivity contribution < 1.29 is 23.9 Å². The monoisotopic (exact) mass is 446 g/mol. The maximum absolute atomic E-state index is 12.1. The van der Waals surface area contributed by atoms with Gasteiger partial charge in [-0.1, -0.05) is 30.8 Å². The van der Waals surface area contributed by atoms with Crippen molar-refractivity contribution in [1.29, 1.82) is 0 Å². The van der Waals surface area contributed by atoms with Gasteiger partial charge in [-0.3, -0.25) is 4.79 Å². The van der Waals surface area contributed by atoms with Crippen LogP contribution in [-0.2, 0) is 25.7 Å². The molecule has 5 N–H and O–H groups in total. The second-order valence-electron chi connectivity index (χ2n) is 7.84. The van der Waals surface area contributed by atoms with Crippen molar-refractivity contribution in [3.05, 3.63) is 47.7 Å². The lowest BCUT2D eigenvalue weighted by atomic mass is 9.99. The summed E-state index contributed by atoms with van der Waals surface area (Å²) in [5.41, 5.74) is 8.14. The van der Waals surface area contributed by atoms with Gasteiger partial charge < -0.3 is 31.2 Å². The number of nitrogens with two attached hydrogens (primary N) is 1. The molecule has 3 amide bonds. The van der Waals surface area contributed by atoms with Gasteiger partial charge in [-0.25, -0.2) is 9.59 Å². The summed E-state index contributed by atoms with van der Waals surface area (Å²) >= 11 is 0. The van der Waals surface area contributed by atoms with E-state index in [9.17, 15) is 14.4 Å². The van der Waals surface area contributed by atoms with E-state index in [0.29, 0.717) is 45.4 Å². The molecule has 2 unspecified atom stereocenters. The molecule has 1 saturated heterocycles. The molecule has 1 aromatic rings. The summed E-state index contributed by atoms with van der Waals surface area (Å²) in [6.07, 6.45) is 3.58. The Morgan fingerprint density at radius 1 is 1.25 bits per heavy atom. The fraction of sp³-hybridized carbons (Fsp3) is 0.522. The van der Waals surface area contributed by atoms with Crippen LogP contribution in [0.5, 0.6) is 0 Å². The quantitative estimate of drug-likeness (QED) is 0.255. The molecule has 0 bridgehead atoms. The molecule has 0 spiro atoms. The normalized spacial score (nSPS) is 16.2. The van der Waals surface area contributed by atoms with Gasteiger partial charge in [-0.15, -0.1) is 0 Å². The number of hydrogen-bond donors (Lipinski definition) is 4. The van der Waals surface area contributed by atoms with Gasteiger partial charge in [0.15, 0.2) is 0 Å².